The number of pyridine rings is 1. The maximum Gasteiger partial charge on any atom is 0.241 e. The fourth-order valence-electron chi connectivity index (χ4n) is 2.87. The monoisotopic (exact) mass is 373 g/mol. The Kier molecular flexibility index (Phi) is 4.99. The van der Waals surface area contributed by atoms with E-state index >= 15 is 0 Å². The summed E-state index contributed by atoms with van der Waals surface area (Å²) >= 11 is 1.43. The fraction of sp³-hybridized carbons (Fsp3) is 0.222. The van der Waals surface area contributed by atoms with Gasteiger partial charge in [-0.1, -0.05) is 17.7 Å². The molecule has 1 aromatic carbocycles. The highest BCUT2D eigenvalue weighted by Crippen LogP contribution is 2.23. The van der Waals surface area contributed by atoms with Crippen LogP contribution in [0.3, 0.4) is 0 Å². The molecular formula is C18H19N3O2S2. The van der Waals surface area contributed by atoms with E-state index in [9.17, 15) is 8.42 Å². The van der Waals surface area contributed by atoms with Crippen molar-refractivity contribution >= 4 is 21.4 Å². The first kappa shape index (κ1) is 17.7. The van der Waals surface area contributed by atoms with Crippen molar-refractivity contribution in [1.29, 1.82) is 0 Å². The van der Waals surface area contributed by atoms with E-state index in [0.29, 0.717) is 4.90 Å². The number of benzene rings is 1. The molecule has 0 saturated heterocycles. The predicted molar refractivity (Wildman–Crippen MR) is 100 cm³/mol. The van der Waals surface area contributed by atoms with Gasteiger partial charge in [-0.2, -0.15) is 0 Å². The Labute approximate surface area is 151 Å². The van der Waals surface area contributed by atoms with Crippen LogP contribution in [0.2, 0.25) is 0 Å². The maximum atomic E-state index is 12.7. The van der Waals surface area contributed by atoms with Crippen LogP contribution in [-0.2, 0) is 16.6 Å². The van der Waals surface area contributed by atoms with Crippen LogP contribution >= 0.6 is 11.3 Å². The Bertz CT molecular complexity index is 973. The number of aromatic nitrogens is 2. The number of sulfonamides is 1. The second-order valence-corrected chi connectivity index (χ2v) is 8.56. The molecule has 0 aliphatic heterocycles. The molecule has 0 unspecified atom stereocenters. The summed E-state index contributed by atoms with van der Waals surface area (Å²) in [4.78, 5) is 8.84. The van der Waals surface area contributed by atoms with E-state index < -0.39 is 10.0 Å². The van der Waals surface area contributed by atoms with Crippen LogP contribution in [0.1, 0.15) is 21.7 Å². The largest absolute Gasteiger partial charge is 0.265 e. The van der Waals surface area contributed by atoms with Crippen LogP contribution in [0.4, 0.5) is 0 Å². The van der Waals surface area contributed by atoms with E-state index in [4.69, 9.17) is 0 Å². The lowest BCUT2D eigenvalue weighted by molar-refractivity contribution is 0.580. The molecule has 0 saturated carbocycles. The van der Waals surface area contributed by atoms with Crippen molar-refractivity contribution in [3.63, 3.8) is 0 Å². The number of thiazole rings is 1. The van der Waals surface area contributed by atoms with E-state index in [1.54, 1.807) is 12.4 Å². The SMILES string of the molecule is Cc1cc(C)c(S(=O)(=O)NCc2nc(-c3ccncc3)cs2)c(C)c1. The highest BCUT2D eigenvalue weighted by atomic mass is 32.2. The molecule has 3 rings (SSSR count). The molecule has 7 heteroatoms. The Morgan fingerprint density at radius 2 is 1.72 bits per heavy atom. The molecule has 2 heterocycles. The average Bonchev–Trinajstić information content (AvgIpc) is 3.02. The number of aryl methyl sites for hydroxylation is 3. The van der Waals surface area contributed by atoms with Gasteiger partial charge in [0.1, 0.15) is 5.01 Å². The molecule has 3 aromatic rings. The van der Waals surface area contributed by atoms with Crippen molar-refractivity contribution in [2.75, 3.05) is 0 Å². The van der Waals surface area contributed by atoms with Crippen molar-refractivity contribution in [3.8, 4) is 11.3 Å². The lowest BCUT2D eigenvalue weighted by atomic mass is 10.1. The molecule has 25 heavy (non-hydrogen) atoms. The minimum Gasteiger partial charge on any atom is -0.265 e. The number of hydrogen-bond acceptors (Lipinski definition) is 5. The van der Waals surface area contributed by atoms with E-state index in [1.807, 2.05) is 50.4 Å². The summed E-state index contributed by atoms with van der Waals surface area (Å²) in [6.45, 7) is 5.77. The quantitative estimate of drug-likeness (QED) is 0.741. The number of rotatable bonds is 5. The molecule has 0 amide bonds. The molecule has 0 aliphatic rings. The van der Waals surface area contributed by atoms with Crippen molar-refractivity contribution in [1.82, 2.24) is 14.7 Å². The van der Waals surface area contributed by atoms with Crippen molar-refractivity contribution in [3.05, 3.63) is 63.7 Å². The van der Waals surface area contributed by atoms with Gasteiger partial charge in [0.2, 0.25) is 10.0 Å². The van der Waals surface area contributed by atoms with Gasteiger partial charge in [0.15, 0.2) is 0 Å². The number of nitrogens with zero attached hydrogens (tertiary/aromatic N) is 2. The third-order valence-corrected chi connectivity index (χ3v) is 6.37. The van der Waals surface area contributed by atoms with Gasteiger partial charge in [0, 0.05) is 23.3 Å². The third kappa shape index (κ3) is 3.95. The molecule has 2 aromatic heterocycles. The summed E-state index contributed by atoms with van der Waals surface area (Å²) in [6.07, 6.45) is 3.42. The molecule has 0 spiro atoms. The molecule has 0 atom stereocenters. The number of nitrogens with one attached hydrogen (secondary N) is 1. The second kappa shape index (κ2) is 7.03. The summed E-state index contributed by atoms with van der Waals surface area (Å²) in [5, 5.41) is 2.64. The standard InChI is InChI=1S/C18H19N3O2S2/c1-12-8-13(2)18(14(3)9-12)25(22,23)20-10-17-21-16(11-24-17)15-4-6-19-7-5-15/h4-9,11,20H,10H2,1-3H3. The van der Waals surface area contributed by atoms with Gasteiger partial charge in [0.05, 0.1) is 17.1 Å². The van der Waals surface area contributed by atoms with Gasteiger partial charge in [-0.3, -0.25) is 4.98 Å². The summed E-state index contributed by atoms with van der Waals surface area (Å²) in [6, 6.07) is 7.52. The predicted octanol–water partition coefficient (Wildman–Crippen LogP) is 3.61. The van der Waals surface area contributed by atoms with Gasteiger partial charge >= 0.3 is 0 Å². The van der Waals surface area contributed by atoms with Gasteiger partial charge in [-0.15, -0.1) is 11.3 Å². The van der Waals surface area contributed by atoms with Crippen molar-refractivity contribution in [2.45, 2.75) is 32.2 Å². The minimum absolute atomic E-state index is 0.171. The normalized spacial score (nSPS) is 11.6. The van der Waals surface area contributed by atoms with E-state index in [2.05, 4.69) is 14.7 Å². The topological polar surface area (TPSA) is 72.0 Å². The number of hydrogen-bond donors (Lipinski definition) is 1. The van der Waals surface area contributed by atoms with E-state index in [1.165, 1.54) is 11.3 Å². The smallest absolute Gasteiger partial charge is 0.241 e. The van der Waals surface area contributed by atoms with Gasteiger partial charge in [-0.05, 0) is 44.0 Å². The Morgan fingerprint density at radius 3 is 2.36 bits per heavy atom. The highest BCUT2D eigenvalue weighted by Gasteiger charge is 2.20. The first-order chi connectivity index (χ1) is 11.9. The van der Waals surface area contributed by atoms with Crippen LogP contribution in [0.15, 0.2) is 46.9 Å². The molecule has 0 bridgehead atoms. The zero-order chi connectivity index (χ0) is 18.0. The van der Waals surface area contributed by atoms with Gasteiger partial charge in [-0.25, -0.2) is 18.1 Å². The fourth-order valence-corrected chi connectivity index (χ4v) is 5.14. The Balaban J connectivity index is 1.79. The second-order valence-electron chi connectivity index (χ2n) is 5.91. The summed E-state index contributed by atoms with van der Waals surface area (Å²) in [5.74, 6) is 0. The van der Waals surface area contributed by atoms with E-state index in [0.717, 1.165) is 33.0 Å². The zero-order valence-electron chi connectivity index (χ0n) is 14.3. The molecule has 1 N–H and O–H groups in total. The van der Waals surface area contributed by atoms with E-state index in [-0.39, 0.29) is 6.54 Å². The lowest BCUT2D eigenvalue weighted by Gasteiger charge is -2.12. The van der Waals surface area contributed by atoms with Crippen LogP contribution in [-0.4, -0.2) is 18.4 Å². The van der Waals surface area contributed by atoms with Crippen LogP contribution in [0, 0.1) is 20.8 Å². The molecule has 0 aliphatic carbocycles. The molecule has 0 fully saturated rings. The van der Waals surface area contributed by atoms with Crippen LogP contribution in [0.25, 0.3) is 11.3 Å². The average molecular weight is 374 g/mol. The minimum atomic E-state index is -3.59. The van der Waals surface area contributed by atoms with Crippen molar-refractivity contribution in [2.24, 2.45) is 0 Å². The summed E-state index contributed by atoms with van der Waals surface area (Å²) in [7, 11) is -3.59. The van der Waals surface area contributed by atoms with Crippen molar-refractivity contribution < 1.29 is 8.42 Å². The Hall–Kier alpha value is -2.09. The van der Waals surface area contributed by atoms with Gasteiger partial charge in [0.25, 0.3) is 0 Å². The molecule has 0 radical (unpaired) electrons. The zero-order valence-corrected chi connectivity index (χ0v) is 15.9. The third-order valence-electron chi connectivity index (χ3n) is 3.81. The first-order valence-corrected chi connectivity index (χ1v) is 10.2. The lowest BCUT2D eigenvalue weighted by Crippen LogP contribution is -2.24. The first-order valence-electron chi connectivity index (χ1n) is 7.79. The molecule has 5 nitrogen and oxygen atoms in total. The molecule has 130 valence electrons. The highest BCUT2D eigenvalue weighted by molar-refractivity contribution is 7.89. The molecular weight excluding hydrogens is 354 g/mol. The summed E-state index contributed by atoms with van der Waals surface area (Å²) < 4.78 is 28.1. The van der Waals surface area contributed by atoms with Crippen LogP contribution < -0.4 is 4.72 Å². The Morgan fingerprint density at radius 1 is 1.08 bits per heavy atom. The summed E-state index contributed by atoms with van der Waals surface area (Å²) in [5.41, 5.74) is 4.34. The van der Waals surface area contributed by atoms with Crippen LogP contribution in [0.5, 0.6) is 0 Å². The maximum absolute atomic E-state index is 12.7. The van der Waals surface area contributed by atoms with Gasteiger partial charge < -0.3 is 0 Å².